The van der Waals surface area contributed by atoms with Gasteiger partial charge in [0.1, 0.15) is 17.5 Å². The highest BCUT2D eigenvalue weighted by Crippen LogP contribution is 2.13. The second-order valence-corrected chi connectivity index (χ2v) is 5.19. The average Bonchev–Trinajstić information content (AvgIpc) is 2.34. The maximum Gasteiger partial charge on any atom is 0.407 e. The summed E-state index contributed by atoms with van der Waals surface area (Å²) in [5, 5.41) is 14.2. The van der Waals surface area contributed by atoms with Crippen LogP contribution < -0.4 is 10.6 Å². The van der Waals surface area contributed by atoms with E-state index in [4.69, 9.17) is 10.00 Å². The molecule has 1 aromatic rings. The van der Waals surface area contributed by atoms with Crippen molar-refractivity contribution in [1.82, 2.24) is 5.32 Å². The second kappa shape index (κ2) is 6.75. The van der Waals surface area contributed by atoms with Crippen molar-refractivity contribution >= 4 is 11.8 Å². The first kappa shape index (κ1) is 15.8. The summed E-state index contributed by atoms with van der Waals surface area (Å²) >= 11 is 0. The molecule has 0 spiro atoms. The average molecular weight is 279 g/mol. The second-order valence-electron chi connectivity index (χ2n) is 5.19. The van der Waals surface area contributed by atoms with E-state index in [2.05, 4.69) is 10.6 Å². The Morgan fingerprint density at radius 2 is 2.10 bits per heavy atom. The molecule has 0 saturated carbocycles. The van der Waals surface area contributed by atoms with Gasteiger partial charge in [0.15, 0.2) is 0 Å². The number of anilines is 1. The number of halogens is 1. The van der Waals surface area contributed by atoms with E-state index in [1.54, 1.807) is 32.9 Å². The lowest BCUT2D eigenvalue weighted by Gasteiger charge is -2.20. The molecule has 1 rings (SSSR count). The standard InChI is InChI=1S/C14H18FN3O2/c1-14(2,3)20-13(19)17-9-10(8-16)18-12-7-5-4-6-11(12)15/h4-7,10,18H,9H2,1-3H3,(H,17,19). The number of nitrogens with one attached hydrogen (secondary N) is 2. The van der Waals surface area contributed by atoms with Gasteiger partial charge < -0.3 is 15.4 Å². The number of benzene rings is 1. The number of carbonyl (C=O) groups excluding carboxylic acids is 1. The molecule has 0 bridgehead atoms. The van der Waals surface area contributed by atoms with Crippen molar-refractivity contribution in [2.75, 3.05) is 11.9 Å². The molecule has 0 aliphatic heterocycles. The number of amides is 1. The highest BCUT2D eigenvalue weighted by molar-refractivity contribution is 5.67. The summed E-state index contributed by atoms with van der Waals surface area (Å²) in [6.07, 6.45) is -0.618. The van der Waals surface area contributed by atoms with Crippen molar-refractivity contribution in [3.05, 3.63) is 30.1 Å². The van der Waals surface area contributed by atoms with Crippen LogP contribution in [0.4, 0.5) is 14.9 Å². The zero-order chi connectivity index (χ0) is 15.2. The smallest absolute Gasteiger partial charge is 0.407 e. The minimum absolute atomic E-state index is 0.0136. The molecule has 6 heteroatoms. The molecule has 1 amide bonds. The van der Waals surface area contributed by atoms with Crippen molar-refractivity contribution < 1.29 is 13.9 Å². The summed E-state index contributed by atoms with van der Waals surface area (Å²) in [6, 6.07) is 7.22. The monoisotopic (exact) mass is 279 g/mol. The largest absolute Gasteiger partial charge is 0.444 e. The van der Waals surface area contributed by atoms with Crippen molar-refractivity contribution in [2.45, 2.75) is 32.4 Å². The Morgan fingerprint density at radius 1 is 1.45 bits per heavy atom. The van der Waals surface area contributed by atoms with E-state index in [9.17, 15) is 9.18 Å². The molecule has 0 aliphatic carbocycles. The molecule has 20 heavy (non-hydrogen) atoms. The highest BCUT2D eigenvalue weighted by atomic mass is 19.1. The summed E-state index contributed by atoms with van der Waals surface area (Å²) in [6.45, 7) is 5.24. The molecule has 108 valence electrons. The van der Waals surface area contributed by atoms with Gasteiger partial charge in [-0.05, 0) is 32.9 Å². The fraction of sp³-hybridized carbons (Fsp3) is 0.429. The Labute approximate surface area is 117 Å². The molecule has 0 heterocycles. The van der Waals surface area contributed by atoms with Crippen LogP contribution in [0.15, 0.2) is 24.3 Å². The number of hydrogen-bond acceptors (Lipinski definition) is 4. The van der Waals surface area contributed by atoms with Crippen LogP contribution in [0.3, 0.4) is 0 Å². The molecule has 5 nitrogen and oxygen atoms in total. The number of rotatable bonds is 4. The van der Waals surface area contributed by atoms with Gasteiger partial charge in [0.25, 0.3) is 0 Å². The number of hydrogen-bond donors (Lipinski definition) is 2. The molecular weight excluding hydrogens is 261 g/mol. The lowest BCUT2D eigenvalue weighted by atomic mass is 10.2. The molecule has 1 aromatic carbocycles. The van der Waals surface area contributed by atoms with Gasteiger partial charge in [0, 0.05) is 0 Å². The van der Waals surface area contributed by atoms with Gasteiger partial charge in [-0.2, -0.15) is 5.26 Å². The quantitative estimate of drug-likeness (QED) is 0.888. The molecular formula is C14H18FN3O2. The number of ether oxygens (including phenoxy) is 1. The zero-order valence-electron chi connectivity index (χ0n) is 11.7. The van der Waals surface area contributed by atoms with Gasteiger partial charge in [-0.1, -0.05) is 12.1 Å². The predicted molar refractivity (Wildman–Crippen MR) is 73.7 cm³/mol. The third-order valence-corrected chi connectivity index (χ3v) is 2.21. The first-order chi connectivity index (χ1) is 9.31. The van der Waals surface area contributed by atoms with Gasteiger partial charge in [-0.25, -0.2) is 9.18 Å². The number of alkyl carbamates (subject to hydrolysis) is 1. The zero-order valence-corrected chi connectivity index (χ0v) is 11.7. The normalized spacial score (nSPS) is 12.2. The SMILES string of the molecule is CC(C)(C)OC(=O)NCC(C#N)Nc1ccccc1F. The summed E-state index contributed by atoms with van der Waals surface area (Å²) in [4.78, 5) is 11.5. The van der Waals surface area contributed by atoms with Crippen LogP contribution in [0.25, 0.3) is 0 Å². The Bertz CT molecular complexity index is 506. The maximum atomic E-state index is 13.4. The predicted octanol–water partition coefficient (Wildman–Crippen LogP) is 2.65. The Kier molecular flexibility index (Phi) is 5.32. The summed E-state index contributed by atoms with van der Waals surface area (Å²) in [5.74, 6) is -0.454. The molecule has 1 atom stereocenters. The third-order valence-electron chi connectivity index (χ3n) is 2.21. The summed E-state index contributed by atoms with van der Waals surface area (Å²) < 4.78 is 18.5. The first-order valence-corrected chi connectivity index (χ1v) is 6.19. The first-order valence-electron chi connectivity index (χ1n) is 6.19. The Balaban J connectivity index is 2.51. The van der Waals surface area contributed by atoms with E-state index >= 15 is 0 Å². The number of nitriles is 1. The Hall–Kier alpha value is -2.29. The minimum atomic E-state index is -0.751. The lowest BCUT2D eigenvalue weighted by Crippen LogP contribution is -2.39. The minimum Gasteiger partial charge on any atom is -0.444 e. The van der Waals surface area contributed by atoms with Gasteiger partial charge in [-0.3, -0.25) is 0 Å². The van der Waals surface area contributed by atoms with Crippen molar-refractivity contribution in [2.24, 2.45) is 0 Å². The maximum absolute atomic E-state index is 13.4. The van der Waals surface area contributed by atoms with Gasteiger partial charge >= 0.3 is 6.09 Å². The van der Waals surface area contributed by atoms with E-state index in [-0.39, 0.29) is 12.2 Å². The van der Waals surface area contributed by atoms with Crippen molar-refractivity contribution in [3.8, 4) is 6.07 Å². The molecule has 0 aromatic heterocycles. The van der Waals surface area contributed by atoms with Crippen LogP contribution in [-0.4, -0.2) is 24.3 Å². The van der Waals surface area contributed by atoms with Crippen LogP contribution >= 0.6 is 0 Å². The Morgan fingerprint density at radius 3 is 2.65 bits per heavy atom. The molecule has 0 fully saturated rings. The molecule has 0 aliphatic rings. The molecule has 0 radical (unpaired) electrons. The molecule has 0 saturated heterocycles. The number of para-hydroxylation sites is 1. The van der Waals surface area contributed by atoms with Gasteiger partial charge in [0.2, 0.25) is 0 Å². The van der Waals surface area contributed by atoms with Crippen LogP contribution in [0.1, 0.15) is 20.8 Å². The summed E-state index contributed by atoms with van der Waals surface area (Å²) in [7, 11) is 0. The van der Waals surface area contributed by atoms with Crippen LogP contribution in [0, 0.1) is 17.1 Å². The fourth-order valence-corrected chi connectivity index (χ4v) is 1.39. The van der Waals surface area contributed by atoms with Crippen LogP contribution in [-0.2, 0) is 4.74 Å². The van der Waals surface area contributed by atoms with E-state index in [1.165, 1.54) is 12.1 Å². The van der Waals surface area contributed by atoms with E-state index in [0.717, 1.165) is 0 Å². The topological polar surface area (TPSA) is 74.1 Å². The highest BCUT2D eigenvalue weighted by Gasteiger charge is 2.17. The lowest BCUT2D eigenvalue weighted by molar-refractivity contribution is 0.0527. The number of carbonyl (C=O) groups is 1. The van der Waals surface area contributed by atoms with Gasteiger partial charge in [0.05, 0.1) is 18.3 Å². The van der Waals surface area contributed by atoms with E-state index < -0.39 is 23.6 Å². The van der Waals surface area contributed by atoms with Crippen LogP contribution in [0.5, 0.6) is 0 Å². The van der Waals surface area contributed by atoms with Crippen molar-refractivity contribution in [3.63, 3.8) is 0 Å². The summed E-state index contributed by atoms with van der Waals surface area (Å²) in [5.41, 5.74) is -0.393. The van der Waals surface area contributed by atoms with E-state index in [1.807, 2.05) is 6.07 Å². The third kappa shape index (κ3) is 5.57. The van der Waals surface area contributed by atoms with Crippen molar-refractivity contribution in [1.29, 1.82) is 5.26 Å². The van der Waals surface area contributed by atoms with Gasteiger partial charge in [-0.15, -0.1) is 0 Å². The number of nitrogens with zero attached hydrogens (tertiary/aromatic N) is 1. The fourth-order valence-electron chi connectivity index (χ4n) is 1.39. The van der Waals surface area contributed by atoms with E-state index in [0.29, 0.717) is 0 Å². The van der Waals surface area contributed by atoms with Crippen LogP contribution in [0.2, 0.25) is 0 Å². The molecule has 1 unspecified atom stereocenters. The molecule has 2 N–H and O–H groups in total.